The maximum atomic E-state index is 4.57. The number of fused-ring (bicyclic) bond motifs is 8. The predicted molar refractivity (Wildman–Crippen MR) is 332 cm³/mol. The number of nitrogens with zero attached hydrogens (tertiary/aromatic N) is 4. The average molecular weight is 1150 g/mol. The van der Waals surface area contributed by atoms with E-state index >= 15 is 0 Å². The fourth-order valence-electron chi connectivity index (χ4n) is 8.24. The molecule has 0 amide bonds. The van der Waals surface area contributed by atoms with Gasteiger partial charge in [-0.1, -0.05) is 154 Å². The molecule has 76 heavy (non-hydrogen) atoms. The first-order chi connectivity index (χ1) is 36.2. The van der Waals surface area contributed by atoms with Crippen molar-refractivity contribution in [1.29, 1.82) is 0 Å². The van der Waals surface area contributed by atoms with Gasteiger partial charge in [-0.05, 0) is 139 Å². The van der Waals surface area contributed by atoms with Crippen LogP contribution >= 0.6 is 94.1 Å². The van der Waals surface area contributed by atoms with Crippen molar-refractivity contribution in [2.45, 2.75) is 187 Å². The van der Waals surface area contributed by atoms with Crippen LogP contribution in [0.2, 0.25) is 0 Å². The molecule has 4 nitrogen and oxygen atoms in total. The van der Waals surface area contributed by atoms with Crippen molar-refractivity contribution < 1.29 is 0 Å². The van der Waals surface area contributed by atoms with Crippen molar-refractivity contribution in [1.82, 2.24) is 19.9 Å². The van der Waals surface area contributed by atoms with Gasteiger partial charge in [-0.25, -0.2) is 0 Å². The normalized spacial score (nSPS) is 13.2. The maximum Gasteiger partial charge on any atom is 0.0355 e. The Bertz CT molecular complexity index is 2750. The summed E-state index contributed by atoms with van der Waals surface area (Å²) in [6.07, 6.45) is 15.6. The van der Waals surface area contributed by atoms with Crippen molar-refractivity contribution in [3.63, 3.8) is 0 Å². The minimum atomic E-state index is -0.117. The number of rotatable bonds is 12. The van der Waals surface area contributed by atoms with Gasteiger partial charge >= 0.3 is 0 Å². The second-order valence-corrected chi connectivity index (χ2v) is 31.5. The molecule has 0 fully saturated rings. The van der Waals surface area contributed by atoms with Gasteiger partial charge in [0.05, 0.1) is 0 Å². The van der Waals surface area contributed by atoms with Crippen LogP contribution in [0.25, 0.3) is 0 Å². The predicted octanol–water partition coefficient (Wildman–Crippen LogP) is 20.5. The highest BCUT2D eigenvalue weighted by atomic mass is 32.2. The molecule has 12 heteroatoms. The Kier molecular flexibility index (Phi) is 18.2. The van der Waals surface area contributed by atoms with E-state index in [1.807, 2.05) is 144 Å². The Morgan fingerprint density at radius 2 is 0.487 bits per heavy atom. The van der Waals surface area contributed by atoms with Gasteiger partial charge in [-0.3, -0.25) is 19.9 Å². The summed E-state index contributed by atoms with van der Waals surface area (Å²) >= 11 is 15.5. The van der Waals surface area contributed by atoms with E-state index in [1.165, 1.54) is 103 Å². The molecule has 8 aromatic rings. The third-order valence-corrected chi connectivity index (χ3v) is 23.0. The van der Waals surface area contributed by atoms with Gasteiger partial charge < -0.3 is 0 Å². The molecule has 0 atom stereocenters. The number of benzene rings is 4. The third kappa shape index (κ3) is 14.5. The summed E-state index contributed by atoms with van der Waals surface area (Å²) in [5.41, 5.74) is 9.64. The maximum absolute atomic E-state index is 4.57. The Balaban J connectivity index is 1.38. The largest absolute Gasteiger partial charge is 0.264 e. The topological polar surface area (TPSA) is 51.6 Å². The van der Waals surface area contributed by atoms with Crippen LogP contribution in [0, 0.1) is 0 Å². The summed E-state index contributed by atoms with van der Waals surface area (Å²) in [5.74, 6) is 3.19. The molecule has 4 aromatic carbocycles. The number of aromatic nitrogens is 4. The lowest BCUT2D eigenvalue weighted by Gasteiger charge is -2.28. The lowest BCUT2D eigenvalue weighted by Crippen LogP contribution is -2.13. The highest BCUT2D eigenvalue weighted by Crippen LogP contribution is 2.56. The summed E-state index contributed by atoms with van der Waals surface area (Å²) < 4.78 is 0. The molecular formula is C64H68N4S8. The number of hydrogen-bond donors (Lipinski definition) is 0. The standard InChI is InChI=1S/C64H68N4S8/c1-61(2,3)45-25-49-57(69-37-41-17-13-21-65-33-41)50(26-45)74-52-28-47(63(7,8)9)30-54(59(52)71-39-43-19-15-23-67-35-43)76-56-32-48(64(10,11)12)31-55(60(56)72-40-44-20-16-24-68-36-44)75-53-29-46(62(4,5)6)27-51(73-49)58(53)70-38-42-18-14-22-66-34-42/h13-36H,37-40H2,1-12H3. The zero-order valence-corrected chi connectivity index (χ0v) is 52.3. The van der Waals surface area contributed by atoms with E-state index in [9.17, 15) is 0 Å². The molecule has 392 valence electrons. The van der Waals surface area contributed by atoms with Crippen LogP contribution in [0.15, 0.2) is 205 Å². The van der Waals surface area contributed by atoms with E-state index < -0.39 is 0 Å². The molecule has 1 aliphatic heterocycles. The first kappa shape index (κ1) is 57.0. The molecule has 0 aliphatic carbocycles. The zero-order chi connectivity index (χ0) is 53.8. The lowest BCUT2D eigenvalue weighted by atomic mass is 9.87. The molecule has 0 spiro atoms. The molecule has 9 rings (SSSR count). The van der Waals surface area contributed by atoms with Gasteiger partial charge in [0.15, 0.2) is 0 Å². The smallest absolute Gasteiger partial charge is 0.0355 e. The molecule has 0 unspecified atom stereocenters. The van der Waals surface area contributed by atoms with Crippen LogP contribution in [-0.2, 0) is 44.7 Å². The lowest BCUT2D eigenvalue weighted by molar-refractivity contribution is 0.584. The quantitative estimate of drug-likeness (QED) is 0.110. The van der Waals surface area contributed by atoms with Crippen molar-refractivity contribution in [2.75, 3.05) is 0 Å². The molecule has 1 aliphatic rings. The van der Waals surface area contributed by atoms with E-state index in [2.05, 4.69) is 200 Å². The Morgan fingerprint density at radius 1 is 0.303 bits per heavy atom. The van der Waals surface area contributed by atoms with Crippen LogP contribution in [0.1, 0.15) is 128 Å². The fourth-order valence-corrected chi connectivity index (χ4v) is 18.5. The van der Waals surface area contributed by atoms with Gasteiger partial charge in [0, 0.05) is 131 Å². The number of hydrogen-bond acceptors (Lipinski definition) is 12. The van der Waals surface area contributed by atoms with Crippen LogP contribution in [0.4, 0.5) is 0 Å². The van der Waals surface area contributed by atoms with Gasteiger partial charge in [0.2, 0.25) is 0 Å². The molecule has 8 bridgehead atoms. The highest BCUT2D eigenvalue weighted by molar-refractivity contribution is 8.06. The summed E-state index contributed by atoms with van der Waals surface area (Å²) in [5, 5.41) is 0. The van der Waals surface area contributed by atoms with E-state index in [0.717, 1.165) is 23.0 Å². The third-order valence-electron chi connectivity index (χ3n) is 12.9. The molecule has 0 radical (unpaired) electrons. The van der Waals surface area contributed by atoms with Crippen LogP contribution < -0.4 is 0 Å². The minimum Gasteiger partial charge on any atom is -0.264 e. The highest BCUT2D eigenvalue weighted by Gasteiger charge is 2.30. The van der Waals surface area contributed by atoms with Crippen LogP contribution in [0.5, 0.6) is 0 Å². The van der Waals surface area contributed by atoms with Crippen molar-refractivity contribution in [3.05, 3.63) is 191 Å². The average Bonchev–Trinajstić information content (AvgIpc) is 3.41. The van der Waals surface area contributed by atoms with Crippen LogP contribution in [0.3, 0.4) is 0 Å². The molecule has 4 aromatic heterocycles. The Labute approximate surface area is 487 Å². The molecule has 5 heterocycles. The van der Waals surface area contributed by atoms with Crippen molar-refractivity contribution in [2.24, 2.45) is 0 Å². The first-order valence-corrected chi connectivity index (χ1v) is 32.9. The molecular weight excluding hydrogens is 1080 g/mol. The first-order valence-electron chi connectivity index (χ1n) is 25.7. The monoisotopic (exact) mass is 1150 g/mol. The van der Waals surface area contributed by atoms with Gasteiger partial charge in [-0.15, -0.1) is 47.0 Å². The summed E-state index contributed by atoms with van der Waals surface area (Å²) in [6.45, 7) is 28.3. The van der Waals surface area contributed by atoms with Gasteiger partial charge in [0.25, 0.3) is 0 Å². The zero-order valence-electron chi connectivity index (χ0n) is 45.7. The fraction of sp³-hybridized carbons (Fsp3) is 0.312. The second kappa shape index (κ2) is 24.3. The van der Waals surface area contributed by atoms with Crippen molar-refractivity contribution >= 4 is 94.1 Å². The van der Waals surface area contributed by atoms with Gasteiger partial charge in [-0.2, -0.15) is 0 Å². The molecule has 0 saturated carbocycles. The molecule has 0 N–H and O–H groups in total. The van der Waals surface area contributed by atoms with Crippen molar-refractivity contribution in [3.8, 4) is 0 Å². The number of thioether (sulfide) groups is 4. The Morgan fingerprint density at radius 3 is 0.632 bits per heavy atom. The van der Waals surface area contributed by atoms with E-state index in [0.29, 0.717) is 0 Å². The second-order valence-electron chi connectivity index (χ2n) is 23.2. The van der Waals surface area contributed by atoms with E-state index in [4.69, 9.17) is 0 Å². The van der Waals surface area contributed by atoms with Crippen LogP contribution in [-0.4, -0.2) is 19.9 Å². The Hall–Kier alpha value is -3.72. The van der Waals surface area contributed by atoms with Gasteiger partial charge in [0.1, 0.15) is 0 Å². The minimum absolute atomic E-state index is 0.117. The van der Waals surface area contributed by atoms with E-state index in [-0.39, 0.29) is 21.7 Å². The van der Waals surface area contributed by atoms with E-state index in [1.54, 1.807) is 0 Å². The molecule has 0 saturated heterocycles. The summed E-state index contributed by atoms with van der Waals surface area (Å²) in [4.78, 5) is 33.7. The summed E-state index contributed by atoms with van der Waals surface area (Å²) in [6, 6.07) is 37.1. The number of pyridine rings is 4. The SMILES string of the molecule is CC(C)(C)c1cc2c(SCc3cccnc3)c(c1)Sc1cc(C(C)(C)C)cc(c1SCc1cccnc1)Sc1cc(C(C)(C)C)cc(c1SCc1cccnc1)Sc1cc(C(C)(C)C)cc(c1SCc1cccnc1)S2. The summed E-state index contributed by atoms with van der Waals surface area (Å²) in [7, 11) is 0.